The summed E-state index contributed by atoms with van der Waals surface area (Å²) in [6, 6.07) is 14.0. The van der Waals surface area contributed by atoms with E-state index < -0.39 is 0 Å². The Kier molecular flexibility index (Phi) is 6.84. The van der Waals surface area contributed by atoms with Crippen molar-refractivity contribution in [1.82, 2.24) is 0 Å². The molecule has 2 nitrogen and oxygen atoms in total. The largest absolute Gasteiger partial charge is 0.378 e. The van der Waals surface area contributed by atoms with Crippen LogP contribution in [-0.2, 0) is 4.79 Å². The fourth-order valence-electron chi connectivity index (χ4n) is 2.30. The topological polar surface area (TPSA) is 29.1 Å². The van der Waals surface area contributed by atoms with Crippen molar-refractivity contribution in [3.05, 3.63) is 70.2 Å². The van der Waals surface area contributed by atoms with E-state index in [0.717, 1.165) is 51.6 Å². The number of unbranched alkanes of at least 4 members (excludes halogenated alkanes) is 1. The monoisotopic (exact) mass is 381 g/mol. The molecule has 0 spiro atoms. The highest BCUT2D eigenvalue weighted by Gasteiger charge is 2.09. The van der Waals surface area contributed by atoms with E-state index in [1.807, 2.05) is 36.4 Å². The first-order valence-corrected chi connectivity index (χ1v) is 8.70. The molecule has 0 fully saturated rings. The quantitative estimate of drug-likeness (QED) is 0.545. The number of hydrogen-bond acceptors (Lipinski definition) is 2. The summed E-state index contributed by atoms with van der Waals surface area (Å²) in [7, 11) is 0. The van der Waals surface area contributed by atoms with Gasteiger partial charge >= 0.3 is 0 Å². The molecule has 24 heavy (non-hydrogen) atoms. The highest BCUT2D eigenvalue weighted by Crippen LogP contribution is 2.31. The third-order valence-corrected chi connectivity index (χ3v) is 3.99. The average molecular weight is 382 g/mol. The van der Waals surface area contributed by atoms with Gasteiger partial charge in [-0.05, 0) is 47.9 Å². The van der Waals surface area contributed by atoms with E-state index in [-0.39, 0.29) is 6.54 Å². The van der Waals surface area contributed by atoms with Gasteiger partial charge in [0.15, 0.2) is 0 Å². The molecule has 0 radical (unpaired) electrons. The van der Waals surface area contributed by atoms with Crippen LogP contribution < -0.4 is 5.32 Å². The lowest BCUT2D eigenvalue weighted by molar-refractivity contribution is -0.106. The summed E-state index contributed by atoms with van der Waals surface area (Å²) in [6.07, 6.45) is 2.80. The van der Waals surface area contributed by atoms with Gasteiger partial charge in [-0.3, -0.25) is 0 Å². The van der Waals surface area contributed by atoms with Crippen LogP contribution in [0.15, 0.2) is 53.5 Å². The smallest absolute Gasteiger partial charge is 0.139 e. The van der Waals surface area contributed by atoms with Gasteiger partial charge in [-0.15, -0.1) is 0 Å². The van der Waals surface area contributed by atoms with Crippen LogP contribution in [0, 0.1) is 11.8 Å². The van der Waals surface area contributed by atoms with Gasteiger partial charge in [-0.25, -0.2) is 0 Å². The molecule has 0 unspecified atom stereocenters. The first-order valence-electron chi connectivity index (χ1n) is 7.91. The fraction of sp³-hybridized carbons (Fsp3) is 0.190. The van der Waals surface area contributed by atoms with Crippen molar-refractivity contribution in [3.63, 3.8) is 0 Å². The number of anilines is 1. The number of halogens is 1. The van der Waals surface area contributed by atoms with Gasteiger partial charge in [-0.2, -0.15) is 0 Å². The number of nitrogens with one attached hydrogen (secondary N) is 1. The predicted octanol–water partition coefficient (Wildman–Crippen LogP) is 5.27. The van der Waals surface area contributed by atoms with Gasteiger partial charge < -0.3 is 10.1 Å². The molecular formula is C21H20BrNO. The lowest BCUT2D eigenvalue weighted by Gasteiger charge is -2.14. The molecule has 0 aliphatic carbocycles. The molecule has 0 saturated carbocycles. The second kappa shape index (κ2) is 9.10. The zero-order valence-corrected chi connectivity index (χ0v) is 15.3. The van der Waals surface area contributed by atoms with Crippen molar-refractivity contribution in [3.8, 4) is 11.8 Å². The third kappa shape index (κ3) is 4.84. The minimum atomic E-state index is 0.268. The standard InChI is InChI=1S/C21H20BrNO/c1-3-4-5-7-17-8-6-9-18(14-17)16(2)20-15-19(22)10-11-21(20)23-12-13-24/h6,8-11,13-15,23H,2-4,12H2,1H3. The molecular weight excluding hydrogens is 362 g/mol. The predicted molar refractivity (Wildman–Crippen MR) is 105 cm³/mol. The molecule has 0 atom stereocenters. The zero-order chi connectivity index (χ0) is 17.4. The van der Waals surface area contributed by atoms with Crippen molar-refractivity contribution < 1.29 is 4.79 Å². The third-order valence-electron chi connectivity index (χ3n) is 3.50. The normalized spacial score (nSPS) is 9.75. The Bertz CT molecular complexity index is 799. The van der Waals surface area contributed by atoms with Crippen molar-refractivity contribution >= 4 is 33.5 Å². The van der Waals surface area contributed by atoms with Gasteiger partial charge in [0.2, 0.25) is 0 Å². The lowest BCUT2D eigenvalue weighted by atomic mass is 9.96. The minimum absolute atomic E-state index is 0.268. The number of carbonyl (C=O) groups excluding carboxylic acids is 1. The molecule has 2 rings (SSSR count). The van der Waals surface area contributed by atoms with Gasteiger partial charge in [-0.1, -0.05) is 53.4 Å². The van der Waals surface area contributed by atoms with Gasteiger partial charge in [0, 0.05) is 27.7 Å². The first kappa shape index (κ1) is 18.0. The number of carbonyl (C=O) groups is 1. The van der Waals surface area contributed by atoms with Crippen LogP contribution in [0.2, 0.25) is 0 Å². The summed E-state index contributed by atoms with van der Waals surface area (Å²) >= 11 is 3.50. The highest BCUT2D eigenvalue weighted by atomic mass is 79.9. The Hall–Kier alpha value is -2.31. The molecule has 0 heterocycles. The van der Waals surface area contributed by atoms with Gasteiger partial charge in [0.05, 0.1) is 6.54 Å². The molecule has 122 valence electrons. The number of hydrogen-bond donors (Lipinski definition) is 1. The maximum Gasteiger partial charge on any atom is 0.139 e. The van der Waals surface area contributed by atoms with E-state index in [4.69, 9.17) is 0 Å². The van der Waals surface area contributed by atoms with E-state index in [1.54, 1.807) is 0 Å². The van der Waals surface area contributed by atoms with Crippen LogP contribution in [0.1, 0.15) is 36.5 Å². The van der Waals surface area contributed by atoms with Crippen molar-refractivity contribution in [2.45, 2.75) is 19.8 Å². The molecule has 0 aromatic heterocycles. The fourth-order valence-corrected chi connectivity index (χ4v) is 2.66. The van der Waals surface area contributed by atoms with Gasteiger partial charge in [0.1, 0.15) is 6.29 Å². The summed E-state index contributed by atoms with van der Waals surface area (Å²) in [5, 5.41) is 3.12. The van der Waals surface area contributed by atoms with Gasteiger partial charge in [0.25, 0.3) is 0 Å². The molecule has 0 saturated heterocycles. The Morgan fingerprint density at radius 3 is 2.88 bits per heavy atom. The Morgan fingerprint density at radius 2 is 2.12 bits per heavy atom. The minimum Gasteiger partial charge on any atom is -0.378 e. The maximum atomic E-state index is 10.7. The zero-order valence-electron chi connectivity index (χ0n) is 13.7. The van der Waals surface area contributed by atoms with E-state index >= 15 is 0 Å². The van der Waals surface area contributed by atoms with Crippen molar-refractivity contribution in [2.75, 3.05) is 11.9 Å². The van der Waals surface area contributed by atoms with E-state index in [1.165, 1.54) is 0 Å². The molecule has 2 aromatic carbocycles. The van der Waals surface area contributed by atoms with Crippen molar-refractivity contribution in [2.24, 2.45) is 0 Å². The first-order chi connectivity index (χ1) is 11.7. The average Bonchev–Trinajstić information content (AvgIpc) is 2.60. The van der Waals surface area contributed by atoms with Crippen LogP contribution in [-0.4, -0.2) is 12.8 Å². The number of aldehydes is 1. The summed E-state index contributed by atoms with van der Waals surface area (Å²) in [5.41, 5.74) is 4.75. The molecule has 0 bridgehead atoms. The Labute approximate surface area is 152 Å². The second-order valence-electron chi connectivity index (χ2n) is 5.35. The molecule has 0 amide bonds. The number of rotatable bonds is 6. The highest BCUT2D eigenvalue weighted by molar-refractivity contribution is 9.10. The summed E-state index contributed by atoms with van der Waals surface area (Å²) in [6.45, 7) is 6.63. The summed E-state index contributed by atoms with van der Waals surface area (Å²) < 4.78 is 0.967. The molecule has 1 N–H and O–H groups in total. The summed E-state index contributed by atoms with van der Waals surface area (Å²) in [5.74, 6) is 6.36. The van der Waals surface area contributed by atoms with Crippen LogP contribution in [0.4, 0.5) is 5.69 Å². The Morgan fingerprint density at radius 1 is 1.29 bits per heavy atom. The lowest BCUT2D eigenvalue weighted by Crippen LogP contribution is -2.05. The van der Waals surface area contributed by atoms with E-state index in [0.29, 0.717) is 0 Å². The second-order valence-corrected chi connectivity index (χ2v) is 6.26. The molecule has 2 aromatic rings. The van der Waals surface area contributed by atoms with Crippen LogP contribution in [0.5, 0.6) is 0 Å². The van der Waals surface area contributed by atoms with Crippen LogP contribution in [0.25, 0.3) is 5.57 Å². The molecule has 3 heteroatoms. The molecule has 0 aliphatic rings. The SMILES string of the molecule is C=C(c1cccc(C#CCCC)c1)c1cc(Br)ccc1NCC=O. The molecule has 0 aliphatic heterocycles. The summed E-state index contributed by atoms with van der Waals surface area (Å²) in [4.78, 5) is 10.7. The van der Waals surface area contributed by atoms with Crippen molar-refractivity contribution in [1.29, 1.82) is 0 Å². The van der Waals surface area contributed by atoms with Crippen LogP contribution >= 0.6 is 15.9 Å². The maximum absolute atomic E-state index is 10.7. The van der Waals surface area contributed by atoms with E-state index in [2.05, 4.69) is 52.7 Å². The number of benzene rings is 2. The Balaban J connectivity index is 2.35. The van der Waals surface area contributed by atoms with E-state index in [9.17, 15) is 4.79 Å². The van der Waals surface area contributed by atoms with Crippen LogP contribution in [0.3, 0.4) is 0 Å².